The van der Waals surface area contributed by atoms with Crippen molar-refractivity contribution in [2.45, 2.75) is 19.3 Å². The maximum atomic E-state index is 12.3. The molecule has 1 aromatic carbocycles. The molecule has 3 rings (SSSR count). The lowest BCUT2D eigenvalue weighted by Crippen LogP contribution is -2.50. The number of carbonyl (C=O) groups excluding carboxylic acids is 2. The number of nitrogens with zero attached hydrogens (tertiary/aromatic N) is 1. The standard InChI is InChI=1S/C16H21N3O2/c20-15(18-10-12-8-17-9-12)11-19-14-6-2-1-4-13(14)5-3-7-16(19)21/h1-2,4,6,12,17H,3,5,7-11H2,(H,18,20). The summed E-state index contributed by atoms with van der Waals surface area (Å²) in [7, 11) is 0. The van der Waals surface area contributed by atoms with E-state index in [0.717, 1.165) is 37.2 Å². The van der Waals surface area contributed by atoms with Crippen molar-refractivity contribution in [1.82, 2.24) is 10.6 Å². The van der Waals surface area contributed by atoms with Crippen LogP contribution in [0, 0.1) is 5.92 Å². The molecule has 1 fully saturated rings. The Kier molecular flexibility index (Phi) is 4.20. The largest absolute Gasteiger partial charge is 0.354 e. The molecule has 0 bridgehead atoms. The predicted molar refractivity (Wildman–Crippen MR) is 81.1 cm³/mol. The predicted octanol–water partition coefficient (Wildman–Crippen LogP) is 0.691. The molecule has 2 aliphatic heterocycles. The van der Waals surface area contributed by atoms with Gasteiger partial charge >= 0.3 is 0 Å². The molecule has 2 aliphatic rings. The van der Waals surface area contributed by atoms with Gasteiger partial charge in [0.1, 0.15) is 6.54 Å². The zero-order chi connectivity index (χ0) is 14.7. The number of amides is 2. The van der Waals surface area contributed by atoms with Gasteiger partial charge < -0.3 is 15.5 Å². The molecule has 2 amide bonds. The first-order chi connectivity index (χ1) is 10.2. The fourth-order valence-corrected chi connectivity index (χ4v) is 2.81. The molecule has 21 heavy (non-hydrogen) atoms. The van der Waals surface area contributed by atoms with E-state index in [9.17, 15) is 9.59 Å². The van der Waals surface area contributed by atoms with Gasteiger partial charge in [0.05, 0.1) is 0 Å². The van der Waals surface area contributed by atoms with E-state index in [2.05, 4.69) is 10.6 Å². The molecule has 0 atom stereocenters. The van der Waals surface area contributed by atoms with Crippen LogP contribution in [0.15, 0.2) is 24.3 Å². The van der Waals surface area contributed by atoms with Crippen LogP contribution < -0.4 is 15.5 Å². The number of fused-ring (bicyclic) bond motifs is 1. The Balaban J connectivity index is 1.67. The van der Waals surface area contributed by atoms with Crippen molar-refractivity contribution in [1.29, 1.82) is 0 Å². The molecule has 0 saturated carbocycles. The third kappa shape index (κ3) is 3.24. The molecule has 1 aromatic rings. The summed E-state index contributed by atoms with van der Waals surface area (Å²) >= 11 is 0. The van der Waals surface area contributed by atoms with E-state index < -0.39 is 0 Å². The lowest BCUT2D eigenvalue weighted by Gasteiger charge is -2.28. The average molecular weight is 287 g/mol. The van der Waals surface area contributed by atoms with E-state index in [4.69, 9.17) is 0 Å². The van der Waals surface area contributed by atoms with Crippen molar-refractivity contribution in [3.8, 4) is 0 Å². The Bertz CT molecular complexity index is 540. The molecule has 0 unspecified atom stereocenters. The second-order valence-electron chi connectivity index (χ2n) is 5.79. The average Bonchev–Trinajstić information content (AvgIpc) is 2.58. The smallest absolute Gasteiger partial charge is 0.240 e. The van der Waals surface area contributed by atoms with Crippen LogP contribution in [0.3, 0.4) is 0 Å². The molecular weight excluding hydrogens is 266 g/mol. The number of anilines is 1. The first-order valence-electron chi connectivity index (χ1n) is 7.60. The van der Waals surface area contributed by atoms with Crippen molar-refractivity contribution in [2.24, 2.45) is 5.92 Å². The molecule has 0 aromatic heterocycles. The Morgan fingerprint density at radius 2 is 2.10 bits per heavy atom. The SMILES string of the molecule is O=C(CN1C(=O)CCCc2ccccc21)NCC1CNC1. The summed E-state index contributed by atoms with van der Waals surface area (Å²) in [4.78, 5) is 26.0. The molecule has 5 nitrogen and oxygen atoms in total. The summed E-state index contributed by atoms with van der Waals surface area (Å²) in [5.41, 5.74) is 2.04. The zero-order valence-electron chi connectivity index (χ0n) is 12.1. The quantitative estimate of drug-likeness (QED) is 0.856. The Hall–Kier alpha value is -1.88. The van der Waals surface area contributed by atoms with Gasteiger partial charge in [0.2, 0.25) is 11.8 Å². The van der Waals surface area contributed by atoms with Crippen molar-refractivity contribution in [3.05, 3.63) is 29.8 Å². The van der Waals surface area contributed by atoms with Gasteiger partial charge in [-0.1, -0.05) is 18.2 Å². The van der Waals surface area contributed by atoms with E-state index in [0.29, 0.717) is 18.9 Å². The minimum absolute atomic E-state index is 0.0420. The van der Waals surface area contributed by atoms with Gasteiger partial charge in [-0.25, -0.2) is 0 Å². The number of carbonyl (C=O) groups is 2. The summed E-state index contributed by atoms with van der Waals surface area (Å²) < 4.78 is 0. The number of para-hydroxylation sites is 1. The van der Waals surface area contributed by atoms with Crippen LogP contribution in [0.4, 0.5) is 5.69 Å². The van der Waals surface area contributed by atoms with Gasteiger partial charge in [-0.2, -0.15) is 0 Å². The topological polar surface area (TPSA) is 61.4 Å². The minimum atomic E-state index is -0.0769. The normalized spacial score (nSPS) is 18.7. The number of rotatable bonds is 4. The van der Waals surface area contributed by atoms with Crippen LogP contribution in [0.5, 0.6) is 0 Å². The molecule has 5 heteroatoms. The van der Waals surface area contributed by atoms with Crippen LogP contribution in [-0.4, -0.2) is 38.0 Å². The minimum Gasteiger partial charge on any atom is -0.354 e. The summed E-state index contributed by atoms with van der Waals surface area (Å²) in [6.45, 7) is 2.74. The van der Waals surface area contributed by atoms with Crippen LogP contribution in [0.1, 0.15) is 18.4 Å². The first-order valence-corrected chi connectivity index (χ1v) is 7.60. The molecule has 2 heterocycles. The van der Waals surface area contributed by atoms with Crippen LogP contribution in [0.2, 0.25) is 0 Å². The monoisotopic (exact) mass is 287 g/mol. The molecule has 2 N–H and O–H groups in total. The third-order valence-corrected chi connectivity index (χ3v) is 4.18. The summed E-state index contributed by atoms with van der Waals surface area (Å²) in [5, 5.41) is 6.11. The van der Waals surface area contributed by atoms with Crippen molar-refractivity contribution < 1.29 is 9.59 Å². The fraction of sp³-hybridized carbons (Fsp3) is 0.500. The molecule has 0 spiro atoms. The van der Waals surface area contributed by atoms with E-state index >= 15 is 0 Å². The Morgan fingerprint density at radius 3 is 2.86 bits per heavy atom. The van der Waals surface area contributed by atoms with Gasteiger partial charge in [-0.05, 0) is 24.5 Å². The molecule has 112 valence electrons. The summed E-state index contributed by atoms with van der Waals surface area (Å²) in [6.07, 6.45) is 2.25. The van der Waals surface area contributed by atoms with Gasteiger partial charge in [-0.3, -0.25) is 9.59 Å². The first kappa shape index (κ1) is 14.1. The van der Waals surface area contributed by atoms with E-state index in [1.807, 2.05) is 24.3 Å². The second kappa shape index (κ2) is 6.26. The molecular formula is C16H21N3O2. The maximum absolute atomic E-state index is 12.3. The molecule has 0 aliphatic carbocycles. The second-order valence-corrected chi connectivity index (χ2v) is 5.79. The van der Waals surface area contributed by atoms with E-state index in [-0.39, 0.29) is 18.4 Å². The highest BCUT2D eigenvalue weighted by Crippen LogP contribution is 2.26. The number of nitrogens with one attached hydrogen (secondary N) is 2. The number of hydrogen-bond acceptors (Lipinski definition) is 3. The van der Waals surface area contributed by atoms with Crippen LogP contribution in [0.25, 0.3) is 0 Å². The molecule has 0 radical (unpaired) electrons. The van der Waals surface area contributed by atoms with E-state index in [1.54, 1.807) is 4.90 Å². The summed E-state index contributed by atoms with van der Waals surface area (Å²) in [5.74, 6) is 0.494. The van der Waals surface area contributed by atoms with Gasteiger partial charge in [0, 0.05) is 37.7 Å². The van der Waals surface area contributed by atoms with Crippen LogP contribution >= 0.6 is 0 Å². The zero-order valence-corrected chi connectivity index (χ0v) is 12.1. The number of benzene rings is 1. The maximum Gasteiger partial charge on any atom is 0.240 e. The van der Waals surface area contributed by atoms with Gasteiger partial charge in [0.15, 0.2) is 0 Å². The van der Waals surface area contributed by atoms with Crippen molar-refractivity contribution >= 4 is 17.5 Å². The van der Waals surface area contributed by atoms with Gasteiger partial charge in [0.25, 0.3) is 0 Å². The number of aryl methyl sites for hydroxylation is 1. The third-order valence-electron chi connectivity index (χ3n) is 4.18. The fourth-order valence-electron chi connectivity index (χ4n) is 2.81. The van der Waals surface area contributed by atoms with E-state index in [1.165, 1.54) is 0 Å². The van der Waals surface area contributed by atoms with Gasteiger partial charge in [-0.15, -0.1) is 0 Å². The lowest BCUT2D eigenvalue weighted by molar-refractivity contribution is -0.124. The Morgan fingerprint density at radius 1 is 1.29 bits per heavy atom. The Labute approximate surface area is 124 Å². The highest BCUT2D eigenvalue weighted by molar-refractivity contribution is 5.99. The highest BCUT2D eigenvalue weighted by Gasteiger charge is 2.24. The van der Waals surface area contributed by atoms with Crippen molar-refractivity contribution in [2.75, 3.05) is 31.1 Å². The highest BCUT2D eigenvalue weighted by atomic mass is 16.2. The van der Waals surface area contributed by atoms with Crippen molar-refractivity contribution in [3.63, 3.8) is 0 Å². The summed E-state index contributed by atoms with van der Waals surface area (Å²) in [6, 6.07) is 7.87. The molecule has 1 saturated heterocycles. The van der Waals surface area contributed by atoms with Crippen LogP contribution in [-0.2, 0) is 16.0 Å². The lowest BCUT2D eigenvalue weighted by atomic mass is 10.0. The number of hydrogen-bond donors (Lipinski definition) is 2.